The van der Waals surface area contributed by atoms with E-state index in [2.05, 4.69) is 30.3 Å². The van der Waals surface area contributed by atoms with E-state index in [1.54, 1.807) is 6.92 Å². The lowest BCUT2D eigenvalue weighted by Crippen LogP contribution is -2.53. The van der Waals surface area contributed by atoms with Gasteiger partial charge in [0.2, 0.25) is 5.91 Å². The Kier molecular flexibility index (Phi) is 6.32. The van der Waals surface area contributed by atoms with Crippen molar-refractivity contribution in [1.29, 1.82) is 0 Å². The second-order valence-electron chi connectivity index (χ2n) is 9.62. The van der Waals surface area contributed by atoms with Crippen LogP contribution in [0.2, 0.25) is 0 Å². The highest BCUT2D eigenvalue weighted by Gasteiger charge is 2.48. The summed E-state index contributed by atoms with van der Waals surface area (Å²) in [6, 6.07) is 15.6. The molecule has 182 valence electrons. The average Bonchev–Trinajstić information content (AvgIpc) is 3.59. The van der Waals surface area contributed by atoms with E-state index in [0.717, 1.165) is 47.3 Å². The maximum Gasteiger partial charge on any atom is 0.407 e. The van der Waals surface area contributed by atoms with Gasteiger partial charge in [0.25, 0.3) is 0 Å². The van der Waals surface area contributed by atoms with Crippen LogP contribution in [0.3, 0.4) is 0 Å². The molecule has 1 fully saturated rings. The summed E-state index contributed by atoms with van der Waals surface area (Å²) in [6.45, 7) is 6.82. The summed E-state index contributed by atoms with van der Waals surface area (Å²) in [5.74, 6) is 0.526. The Morgan fingerprint density at radius 2 is 1.89 bits per heavy atom. The molecule has 1 aromatic heterocycles. The number of amides is 2. The third-order valence-electron chi connectivity index (χ3n) is 7.21. The van der Waals surface area contributed by atoms with Crippen molar-refractivity contribution in [1.82, 2.24) is 15.1 Å². The molecule has 7 heteroatoms. The topological polar surface area (TPSA) is 76.5 Å². The van der Waals surface area contributed by atoms with Crippen molar-refractivity contribution >= 4 is 17.7 Å². The molecule has 1 N–H and O–H groups in total. The molecule has 3 aromatic rings. The van der Waals surface area contributed by atoms with Crippen molar-refractivity contribution in [3.05, 3.63) is 72.1 Å². The van der Waals surface area contributed by atoms with Crippen LogP contribution >= 0.6 is 0 Å². The number of carbonyl (C=O) groups is 2. The maximum atomic E-state index is 12.9. The highest BCUT2D eigenvalue weighted by Crippen LogP contribution is 2.49. The van der Waals surface area contributed by atoms with Gasteiger partial charge < -0.3 is 15.0 Å². The summed E-state index contributed by atoms with van der Waals surface area (Å²) in [5, 5.41) is 7.55. The van der Waals surface area contributed by atoms with Crippen LogP contribution in [-0.2, 0) is 22.7 Å². The highest BCUT2D eigenvalue weighted by atomic mass is 16.5. The second-order valence-corrected chi connectivity index (χ2v) is 9.62. The number of nitrogens with zero attached hydrogens (tertiary/aromatic N) is 3. The van der Waals surface area contributed by atoms with Gasteiger partial charge in [-0.05, 0) is 54.5 Å². The van der Waals surface area contributed by atoms with Gasteiger partial charge >= 0.3 is 6.09 Å². The van der Waals surface area contributed by atoms with Gasteiger partial charge in [0, 0.05) is 42.9 Å². The summed E-state index contributed by atoms with van der Waals surface area (Å²) < 4.78 is 7.46. The number of aromatic nitrogens is 2. The molecule has 0 radical (unpaired) electrons. The lowest BCUT2D eigenvalue weighted by Gasteiger charge is -2.45. The Hall–Kier alpha value is -3.61. The van der Waals surface area contributed by atoms with E-state index in [1.807, 2.05) is 64.4 Å². The zero-order valence-corrected chi connectivity index (χ0v) is 20.5. The number of nitrogens with one attached hydrogen (secondary N) is 1. The van der Waals surface area contributed by atoms with Crippen molar-refractivity contribution in [2.75, 3.05) is 4.90 Å². The molecular formula is C28H32N4O3. The summed E-state index contributed by atoms with van der Waals surface area (Å²) in [5.41, 5.74) is 4.75. The van der Waals surface area contributed by atoms with Gasteiger partial charge in [-0.25, -0.2) is 4.79 Å². The lowest BCUT2D eigenvalue weighted by atomic mass is 9.79. The number of anilines is 1. The van der Waals surface area contributed by atoms with Crippen LogP contribution in [-0.4, -0.2) is 27.8 Å². The fraction of sp³-hybridized carbons (Fsp3) is 0.393. The minimum Gasteiger partial charge on any atom is -0.445 e. The summed E-state index contributed by atoms with van der Waals surface area (Å²) >= 11 is 0. The monoisotopic (exact) mass is 472 g/mol. The zero-order chi connectivity index (χ0) is 24.5. The first-order valence-electron chi connectivity index (χ1n) is 12.4. The number of benzene rings is 2. The predicted octanol–water partition coefficient (Wildman–Crippen LogP) is 5.32. The fourth-order valence-corrected chi connectivity index (χ4v) is 5.32. The Morgan fingerprint density at radius 1 is 1.11 bits per heavy atom. The third kappa shape index (κ3) is 4.67. The number of ether oxygens (including phenoxy) is 1. The minimum atomic E-state index is -0.452. The molecule has 2 amide bonds. The van der Waals surface area contributed by atoms with Gasteiger partial charge in [0.15, 0.2) is 0 Å². The molecule has 1 aliphatic carbocycles. The Balaban J connectivity index is 1.48. The number of carbonyl (C=O) groups excluding carboxylic acids is 2. The van der Waals surface area contributed by atoms with Gasteiger partial charge in [0.1, 0.15) is 6.61 Å². The van der Waals surface area contributed by atoms with Crippen molar-refractivity contribution in [2.24, 2.45) is 11.8 Å². The SMILES string of the molecule is CCn1cc(-c2ccc3c(c2)[C@H](NC(=O)OCc2ccccc2)[C@@H](C)C(C2CC2)N3C(C)=O)cn1. The molecule has 3 atom stereocenters. The first-order chi connectivity index (χ1) is 17.0. The summed E-state index contributed by atoms with van der Waals surface area (Å²) in [4.78, 5) is 27.7. The van der Waals surface area contributed by atoms with E-state index in [1.165, 1.54) is 0 Å². The molecule has 1 unspecified atom stereocenters. The molecule has 2 aromatic carbocycles. The van der Waals surface area contributed by atoms with Crippen LogP contribution < -0.4 is 10.2 Å². The van der Waals surface area contributed by atoms with E-state index in [9.17, 15) is 9.59 Å². The van der Waals surface area contributed by atoms with E-state index in [0.29, 0.717) is 5.92 Å². The molecule has 0 saturated heterocycles. The van der Waals surface area contributed by atoms with Crippen molar-refractivity contribution in [2.45, 2.75) is 58.8 Å². The fourth-order valence-electron chi connectivity index (χ4n) is 5.32. The highest BCUT2D eigenvalue weighted by molar-refractivity contribution is 5.94. The van der Waals surface area contributed by atoms with Gasteiger partial charge in [-0.3, -0.25) is 9.48 Å². The van der Waals surface area contributed by atoms with Crippen LogP contribution in [0, 0.1) is 11.8 Å². The van der Waals surface area contributed by atoms with Crippen LogP contribution in [0.25, 0.3) is 11.1 Å². The molecule has 7 nitrogen and oxygen atoms in total. The largest absolute Gasteiger partial charge is 0.445 e. The van der Waals surface area contributed by atoms with Crippen molar-refractivity contribution in [3.63, 3.8) is 0 Å². The van der Waals surface area contributed by atoms with E-state index in [4.69, 9.17) is 4.74 Å². The standard InChI is InChI=1S/C28H32N4O3/c1-4-31-16-23(15-29-31)22-12-13-25-24(14-22)26(18(2)27(21-10-11-21)32(25)19(3)33)30-28(34)35-17-20-8-6-5-7-9-20/h5-9,12-16,18,21,26-27H,4,10-11,17H2,1-3H3,(H,30,34)/t18-,26-,27?/m1/s1. The van der Waals surface area contributed by atoms with Crippen LogP contribution in [0.1, 0.15) is 50.8 Å². The molecule has 5 rings (SSSR count). The van der Waals surface area contributed by atoms with Crippen molar-refractivity contribution < 1.29 is 14.3 Å². The van der Waals surface area contributed by atoms with Gasteiger partial charge in [-0.1, -0.05) is 43.3 Å². The molecule has 2 aliphatic rings. The first kappa shape index (κ1) is 23.1. The molecule has 2 heterocycles. The summed E-state index contributed by atoms with van der Waals surface area (Å²) in [6.07, 6.45) is 5.62. The normalized spacial score (nSPS) is 21.3. The number of hydrogen-bond acceptors (Lipinski definition) is 4. The quantitative estimate of drug-likeness (QED) is 0.527. The molecule has 0 bridgehead atoms. The smallest absolute Gasteiger partial charge is 0.407 e. The first-order valence-corrected chi connectivity index (χ1v) is 12.4. The number of aryl methyl sites for hydroxylation is 1. The molecule has 0 spiro atoms. The molecular weight excluding hydrogens is 440 g/mol. The van der Waals surface area contributed by atoms with E-state index < -0.39 is 6.09 Å². The number of fused-ring (bicyclic) bond motifs is 1. The average molecular weight is 473 g/mol. The molecule has 1 aliphatic heterocycles. The number of alkyl carbamates (subject to hydrolysis) is 1. The van der Waals surface area contributed by atoms with E-state index in [-0.39, 0.29) is 30.5 Å². The number of rotatable bonds is 6. The van der Waals surface area contributed by atoms with Crippen LogP contribution in [0.15, 0.2) is 60.9 Å². The lowest BCUT2D eigenvalue weighted by molar-refractivity contribution is -0.117. The van der Waals surface area contributed by atoms with Gasteiger partial charge in [-0.15, -0.1) is 0 Å². The van der Waals surface area contributed by atoms with Crippen molar-refractivity contribution in [3.8, 4) is 11.1 Å². The molecule has 35 heavy (non-hydrogen) atoms. The van der Waals surface area contributed by atoms with Gasteiger partial charge in [-0.2, -0.15) is 5.10 Å². The second kappa shape index (κ2) is 9.56. The predicted molar refractivity (Wildman–Crippen MR) is 135 cm³/mol. The zero-order valence-electron chi connectivity index (χ0n) is 20.5. The van der Waals surface area contributed by atoms with Crippen LogP contribution in [0.5, 0.6) is 0 Å². The Labute approximate surface area is 206 Å². The van der Waals surface area contributed by atoms with Gasteiger partial charge in [0.05, 0.1) is 12.2 Å². The Morgan fingerprint density at radius 3 is 2.54 bits per heavy atom. The van der Waals surface area contributed by atoms with E-state index >= 15 is 0 Å². The third-order valence-corrected chi connectivity index (χ3v) is 7.21. The number of hydrogen-bond donors (Lipinski definition) is 1. The maximum absolute atomic E-state index is 12.9. The summed E-state index contributed by atoms with van der Waals surface area (Å²) in [7, 11) is 0. The minimum absolute atomic E-state index is 0.0339. The Bertz CT molecular complexity index is 1220. The van der Waals surface area contributed by atoms with Crippen LogP contribution in [0.4, 0.5) is 10.5 Å². The molecule has 1 saturated carbocycles.